The van der Waals surface area contributed by atoms with E-state index in [-0.39, 0.29) is 17.4 Å². The van der Waals surface area contributed by atoms with Crippen LogP contribution in [0.1, 0.15) is 23.9 Å². The van der Waals surface area contributed by atoms with E-state index < -0.39 is 9.84 Å². The fourth-order valence-electron chi connectivity index (χ4n) is 1.72. The Labute approximate surface area is 88.7 Å². The van der Waals surface area contributed by atoms with Crippen molar-refractivity contribution in [1.82, 2.24) is 9.97 Å². The lowest BCUT2D eigenvalue weighted by atomic mass is 10.1. The topological polar surface area (TPSA) is 85.9 Å². The number of hydrogen-bond acceptors (Lipinski definition) is 5. The van der Waals surface area contributed by atoms with Crippen LogP contribution in [0.4, 0.5) is 0 Å². The molecular weight excluding hydrogens is 214 g/mol. The first kappa shape index (κ1) is 10.5. The van der Waals surface area contributed by atoms with Crippen molar-refractivity contribution in [2.45, 2.75) is 18.9 Å². The molecule has 0 spiro atoms. The van der Waals surface area contributed by atoms with Gasteiger partial charge >= 0.3 is 0 Å². The summed E-state index contributed by atoms with van der Waals surface area (Å²) in [5.41, 5.74) is 6.22. The Balaban J connectivity index is 2.24. The highest BCUT2D eigenvalue weighted by Gasteiger charge is 2.30. The van der Waals surface area contributed by atoms with Crippen LogP contribution in [0, 0.1) is 0 Å². The minimum absolute atomic E-state index is 0.0542. The normalized spacial score (nSPS) is 24.2. The monoisotopic (exact) mass is 227 g/mol. The zero-order valence-electron chi connectivity index (χ0n) is 8.26. The largest absolute Gasteiger partial charge is 0.325 e. The van der Waals surface area contributed by atoms with Crippen LogP contribution in [0.25, 0.3) is 0 Å². The molecule has 2 N–H and O–H groups in total. The molecule has 2 rings (SSSR count). The summed E-state index contributed by atoms with van der Waals surface area (Å²) >= 11 is 0. The first-order valence-electron chi connectivity index (χ1n) is 4.83. The third-order valence-electron chi connectivity index (χ3n) is 2.54. The summed E-state index contributed by atoms with van der Waals surface area (Å²) in [5.74, 6) is 0.968. The summed E-state index contributed by atoms with van der Waals surface area (Å²) in [4.78, 5) is 8.34. The zero-order valence-corrected chi connectivity index (χ0v) is 9.07. The third-order valence-corrected chi connectivity index (χ3v) is 4.31. The maximum absolute atomic E-state index is 11.3. The van der Waals surface area contributed by atoms with Gasteiger partial charge in [0.15, 0.2) is 9.84 Å². The van der Waals surface area contributed by atoms with Crippen molar-refractivity contribution in [3.8, 4) is 0 Å². The van der Waals surface area contributed by atoms with E-state index in [4.69, 9.17) is 5.73 Å². The summed E-state index contributed by atoms with van der Waals surface area (Å²) in [6, 6.07) is 1.74. The molecule has 1 saturated heterocycles. The van der Waals surface area contributed by atoms with E-state index in [1.54, 1.807) is 12.3 Å². The Hall–Kier alpha value is -1.01. The average molecular weight is 227 g/mol. The highest BCUT2D eigenvalue weighted by atomic mass is 32.2. The summed E-state index contributed by atoms with van der Waals surface area (Å²) in [6.07, 6.45) is 2.26. The quantitative estimate of drug-likeness (QED) is 0.758. The first-order chi connectivity index (χ1) is 7.11. The summed E-state index contributed by atoms with van der Waals surface area (Å²) in [7, 11) is -2.87. The van der Waals surface area contributed by atoms with Crippen LogP contribution in [-0.4, -0.2) is 29.9 Å². The van der Waals surface area contributed by atoms with Crippen LogP contribution in [0.2, 0.25) is 0 Å². The maximum Gasteiger partial charge on any atom is 0.151 e. The van der Waals surface area contributed by atoms with Crippen molar-refractivity contribution < 1.29 is 8.42 Å². The van der Waals surface area contributed by atoms with E-state index in [9.17, 15) is 8.42 Å². The van der Waals surface area contributed by atoms with Gasteiger partial charge in [-0.1, -0.05) is 0 Å². The smallest absolute Gasteiger partial charge is 0.151 e. The van der Waals surface area contributed by atoms with Crippen LogP contribution in [0.15, 0.2) is 12.3 Å². The van der Waals surface area contributed by atoms with E-state index >= 15 is 0 Å². The Morgan fingerprint density at radius 3 is 2.93 bits per heavy atom. The zero-order chi connectivity index (χ0) is 10.9. The van der Waals surface area contributed by atoms with Gasteiger partial charge in [-0.05, 0) is 12.5 Å². The van der Waals surface area contributed by atoms with Crippen LogP contribution in [0.3, 0.4) is 0 Å². The molecule has 5 nitrogen and oxygen atoms in total. The average Bonchev–Trinajstić information content (AvgIpc) is 2.59. The second-order valence-electron chi connectivity index (χ2n) is 3.71. The molecule has 0 aliphatic carbocycles. The van der Waals surface area contributed by atoms with Gasteiger partial charge in [0.1, 0.15) is 5.82 Å². The van der Waals surface area contributed by atoms with Crippen LogP contribution >= 0.6 is 0 Å². The SMILES string of the molecule is NCc1ccnc(C2CCS(=O)(=O)C2)n1. The molecule has 0 aromatic carbocycles. The van der Waals surface area contributed by atoms with Gasteiger partial charge in [0.05, 0.1) is 17.2 Å². The molecule has 0 bridgehead atoms. The predicted octanol–water partition coefficient (Wildman–Crippen LogP) is -0.163. The molecule has 0 saturated carbocycles. The minimum Gasteiger partial charge on any atom is -0.325 e. The standard InChI is InChI=1S/C9H13N3O2S/c10-5-8-1-3-11-9(12-8)7-2-4-15(13,14)6-7/h1,3,7H,2,4-6,10H2. The summed E-state index contributed by atoms with van der Waals surface area (Å²) in [6.45, 7) is 0.356. The lowest BCUT2D eigenvalue weighted by Gasteiger charge is -2.06. The number of hydrogen-bond donors (Lipinski definition) is 1. The molecule has 1 atom stereocenters. The number of rotatable bonds is 2. The molecule has 0 radical (unpaired) electrons. The molecule has 0 amide bonds. The summed E-state index contributed by atoms with van der Waals surface area (Å²) < 4.78 is 22.6. The van der Waals surface area contributed by atoms with E-state index in [2.05, 4.69) is 9.97 Å². The van der Waals surface area contributed by atoms with Gasteiger partial charge in [-0.3, -0.25) is 0 Å². The van der Waals surface area contributed by atoms with E-state index in [0.717, 1.165) is 5.69 Å². The number of nitrogens with two attached hydrogens (primary N) is 1. The first-order valence-corrected chi connectivity index (χ1v) is 6.65. The maximum atomic E-state index is 11.3. The van der Waals surface area contributed by atoms with Crippen molar-refractivity contribution in [1.29, 1.82) is 0 Å². The van der Waals surface area contributed by atoms with Gasteiger partial charge < -0.3 is 5.73 Å². The Kier molecular flexibility index (Phi) is 2.70. The van der Waals surface area contributed by atoms with E-state index in [1.165, 1.54) is 0 Å². The molecule has 1 aliphatic rings. The minimum atomic E-state index is -2.87. The lowest BCUT2D eigenvalue weighted by Crippen LogP contribution is -2.09. The predicted molar refractivity (Wildman–Crippen MR) is 55.9 cm³/mol. The van der Waals surface area contributed by atoms with Crippen molar-refractivity contribution in [3.05, 3.63) is 23.8 Å². The molecule has 1 aromatic heterocycles. The molecular formula is C9H13N3O2S. The Morgan fingerprint density at radius 2 is 2.33 bits per heavy atom. The van der Waals surface area contributed by atoms with Crippen molar-refractivity contribution in [3.63, 3.8) is 0 Å². The van der Waals surface area contributed by atoms with Gasteiger partial charge in [0, 0.05) is 18.7 Å². The van der Waals surface area contributed by atoms with Crippen molar-refractivity contribution >= 4 is 9.84 Å². The molecule has 6 heteroatoms. The van der Waals surface area contributed by atoms with Gasteiger partial charge in [-0.25, -0.2) is 18.4 Å². The molecule has 1 aliphatic heterocycles. The van der Waals surface area contributed by atoms with E-state index in [0.29, 0.717) is 18.8 Å². The molecule has 15 heavy (non-hydrogen) atoms. The number of aromatic nitrogens is 2. The van der Waals surface area contributed by atoms with Crippen LogP contribution in [-0.2, 0) is 16.4 Å². The van der Waals surface area contributed by atoms with Crippen molar-refractivity contribution in [2.24, 2.45) is 5.73 Å². The fraction of sp³-hybridized carbons (Fsp3) is 0.556. The van der Waals surface area contributed by atoms with Gasteiger partial charge in [0.2, 0.25) is 0 Å². The van der Waals surface area contributed by atoms with Gasteiger partial charge in [-0.2, -0.15) is 0 Å². The fourth-order valence-corrected chi connectivity index (χ4v) is 3.46. The molecule has 1 fully saturated rings. The molecule has 82 valence electrons. The second kappa shape index (κ2) is 3.86. The lowest BCUT2D eigenvalue weighted by molar-refractivity contribution is 0.601. The second-order valence-corrected chi connectivity index (χ2v) is 5.94. The number of sulfone groups is 1. The Morgan fingerprint density at radius 1 is 1.53 bits per heavy atom. The molecule has 2 heterocycles. The van der Waals surface area contributed by atoms with Crippen LogP contribution in [0.5, 0.6) is 0 Å². The summed E-state index contributed by atoms with van der Waals surface area (Å²) in [5, 5.41) is 0. The van der Waals surface area contributed by atoms with Gasteiger partial charge in [-0.15, -0.1) is 0 Å². The third kappa shape index (κ3) is 2.32. The number of nitrogens with zero attached hydrogens (tertiary/aromatic N) is 2. The van der Waals surface area contributed by atoms with Gasteiger partial charge in [0.25, 0.3) is 0 Å². The highest BCUT2D eigenvalue weighted by molar-refractivity contribution is 7.91. The van der Waals surface area contributed by atoms with Crippen molar-refractivity contribution in [2.75, 3.05) is 11.5 Å². The van der Waals surface area contributed by atoms with E-state index in [1.807, 2.05) is 0 Å². The van der Waals surface area contributed by atoms with Crippen LogP contribution < -0.4 is 5.73 Å². The highest BCUT2D eigenvalue weighted by Crippen LogP contribution is 2.26. The molecule has 1 unspecified atom stereocenters. The Bertz CT molecular complexity index is 458. The molecule has 1 aromatic rings.